The summed E-state index contributed by atoms with van der Waals surface area (Å²) >= 11 is 0. The molecule has 0 aromatic rings. The van der Waals surface area contributed by atoms with Gasteiger partial charge in [0.1, 0.15) is 0 Å². The molecule has 0 saturated carbocycles. The summed E-state index contributed by atoms with van der Waals surface area (Å²) in [6.07, 6.45) is 4.48. The van der Waals surface area contributed by atoms with Crippen LogP contribution in [0.5, 0.6) is 0 Å². The summed E-state index contributed by atoms with van der Waals surface area (Å²) in [6.45, 7) is 15.6. The van der Waals surface area contributed by atoms with E-state index in [1.165, 1.54) is 11.1 Å². The van der Waals surface area contributed by atoms with E-state index in [4.69, 9.17) is 0 Å². The number of rotatable bonds is 2. The third-order valence-electron chi connectivity index (χ3n) is 2.33. The molecular weight excluding hydrogens is 156 g/mol. The summed E-state index contributed by atoms with van der Waals surface area (Å²) in [6, 6.07) is 0. The van der Waals surface area contributed by atoms with E-state index in [2.05, 4.69) is 60.6 Å². The molecule has 0 bridgehead atoms. The second kappa shape index (κ2) is 4.64. The van der Waals surface area contributed by atoms with Crippen LogP contribution in [0.15, 0.2) is 23.3 Å². The predicted molar refractivity (Wildman–Crippen MR) is 61.8 cm³/mol. The highest BCUT2D eigenvalue weighted by molar-refractivity contribution is 5.25. The Hall–Kier alpha value is -0.520. The van der Waals surface area contributed by atoms with Gasteiger partial charge in [0.15, 0.2) is 0 Å². The molecule has 0 amide bonds. The lowest BCUT2D eigenvalue weighted by molar-refractivity contribution is 0.448. The molecule has 0 aliphatic heterocycles. The molecule has 0 aliphatic rings. The topological polar surface area (TPSA) is 0 Å². The lowest BCUT2D eigenvalue weighted by Gasteiger charge is -2.26. The molecule has 0 aromatic heterocycles. The van der Waals surface area contributed by atoms with Gasteiger partial charge in [-0.05, 0) is 25.2 Å². The maximum absolute atomic E-state index is 2.32. The third-order valence-corrected chi connectivity index (χ3v) is 2.33. The lowest BCUT2D eigenvalue weighted by Crippen LogP contribution is -2.14. The number of allylic oxidation sites excluding steroid dienone is 4. The van der Waals surface area contributed by atoms with Gasteiger partial charge in [-0.3, -0.25) is 0 Å². The molecule has 0 spiro atoms. The minimum Gasteiger partial charge on any atom is -0.0847 e. The van der Waals surface area contributed by atoms with Crippen molar-refractivity contribution in [1.82, 2.24) is 0 Å². The highest BCUT2D eigenvalue weighted by Gasteiger charge is 2.19. The Kier molecular flexibility index (Phi) is 4.46. The molecular formula is C13H24. The van der Waals surface area contributed by atoms with Crippen LogP contribution >= 0.6 is 0 Å². The second-order valence-electron chi connectivity index (χ2n) is 5.04. The average Bonchev–Trinajstić information content (AvgIpc) is 1.96. The summed E-state index contributed by atoms with van der Waals surface area (Å²) in [5, 5.41) is 0. The van der Waals surface area contributed by atoms with Gasteiger partial charge in [0.25, 0.3) is 0 Å². The van der Waals surface area contributed by atoms with E-state index in [0.29, 0.717) is 11.3 Å². The number of hydrogen-bond acceptors (Lipinski definition) is 0. The molecule has 0 heterocycles. The molecule has 13 heavy (non-hydrogen) atoms. The summed E-state index contributed by atoms with van der Waals surface area (Å²) < 4.78 is 0. The van der Waals surface area contributed by atoms with Gasteiger partial charge < -0.3 is 0 Å². The predicted octanol–water partition coefficient (Wildman–Crippen LogP) is 4.58. The Morgan fingerprint density at radius 3 is 1.85 bits per heavy atom. The third kappa shape index (κ3) is 4.31. The normalized spacial score (nSPS) is 15.4. The first kappa shape index (κ1) is 12.5. The molecule has 0 rings (SSSR count). The highest BCUT2D eigenvalue weighted by Crippen LogP contribution is 2.31. The Balaban J connectivity index is 4.94. The van der Waals surface area contributed by atoms with Crippen molar-refractivity contribution in [2.75, 3.05) is 0 Å². The fourth-order valence-electron chi connectivity index (χ4n) is 1.58. The van der Waals surface area contributed by atoms with Crippen LogP contribution in [0.4, 0.5) is 0 Å². The molecule has 0 N–H and O–H groups in total. The van der Waals surface area contributed by atoms with Crippen molar-refractivity contribution in [2.45, 2.75) is 48.5 Å². The van der Waals surface area contributed by atoms with Gasteiger partial charge in [0.05, 0.1) is 0 Å². The molecule has 0 fully saturated rings. The summed E-state index contributed by atoms with van der Waals surface area (Å²) in [5.74, 6) is 0.634. The second-order valence-corrected chi connectivity index (χ2v) is 5.04. The van der Waals surface area contributed by atoms with E-state index in [0.717, 1.165) is 0 Å². The fraction of sp³-hybridized carbons (Fsp3) is 0.692. The molecule has 0 heteroatoms. The van der Waals surface area contributed by atoms with Crippen LogP contribution in [0.2, 0.25) is 0 Å². The first-order valence-corrected chi connectivity index (χ1v) is 5.14. The Bertz CT molecular complexity index is 209. The van der Waals surface area contributed by atoms with Crippen molar-refractivity contribution in [2.24, 2.45) is 11.3 Å². The van der Waals surface area contributed by atoms with Gasteiger partial charge in [-0.1, -0.05) is 57.9 Å². The molecule has 76 valence electrons. The number of hydrogen-bond donors (Lipinski definition) is 0. The molecule has 0 nitrogen and oxygen atoms in total. The largest absolute Gasteiger partial charge is 0.0847 e. The van der Waals surface area contributed by atoms with E-state index >= 15 is 0 Å². The molecule has 0 unspecified atom stereocenters. The zero-order valence-corrected chi connectivity index (χ0v) is 10.2. The minimum atomic E-state index is 0.290. The first-order chi connectivity index (χ1) is 5.79. The van der Waals surface area contributed by atoms with Crippen molar-refractivity contribution in [1.29, 1.82) is 0 Å². The zero-order valence-electron chi connectivity index (χ0n) is 10.2. The molecule has 0 radical (unpaired) electrons. The molecule has 0 atom stereocenters. The van der Waals surface area contributed by atoms with Crippen LogP contribution in [-0.2, 0) is 0 Å². The zero-order chi connectivity index (χ0) is 10.6. The van der Waals surface area contributed by atoms with Crippen LogP contribution in [0.25, 0.3) is 0 Å². The van der Waals surface area contributed by atoms with Crippen LogP contribution < -0.4 is 0 Å². The average molecular weight is 180 g/mol. The Morgan fingerprint density at radius 1 is 1.15 bits per heavy atom. The van der Waals surface area contributed by atoms with Crippen LogP contribution in [0.3, 0.4) is 0 Å². The van der Waals surface area contributed by atoms with E-state index in [-0.39, 0.29) is 0 Å². The van der Waals surface area contributed by atoms with Crippen molar-refractivity contribution in [3.8, 4) is 0 Å². The first-order valence-electron chi connectivity index (χ1n) is 5.14. The van der Waals surface area contributed by atoms with Crippen LogP contribution in [0, 0.1) is 11.3 Å². The summed E-state index contributed by atoms with van der Waals surface area (Å²) in [5.41, 5.74) is 3.18. The molecule has 0 aliphatic carbocycles. The minimum absolute atomic E-state index is 0.290. The van der Waals surface area contributed by atoms with Gasteiger partial charge in [0, 0.05) is 0 Å². The van der Waals surface area contributed by atoms with Crippen molar-refractivity contribution in [3.05, 3.63) is 23.3 Å². The standard InChI is InChI=1S/C13H24/c1-8-11(4)9-12(10(2)3)13(5,6)7/h8-10H,1-7H3/b11-8-,12-9+. The Morgan fingerprint density at radius 2 is 1.62 bits per heavy atom. The fourth-order valence-corrected chi connectivity index (χ4v) is 1.58. The van der Waals surface area contributed by atoms with Gasteiger partial charge in [-0.25, -0.2) is 0 Å². The van der Waals surface area contributed by atoms with Crippen molar-refractivity contribution >= 4 is 0 Å². The van der Waals surface area contributed by atoms with E-state index < -0.39 is 0 Å². The van der Waals surface area contributed by atoms with Crippen molar-refractivity contribution in [3.63, 3.8) is 0 Å². The van der Waals surface area contributed by atoms with Crippen LogP contribution in [0.1, 0.15) is 48.5 Å². The SMILES string of the molecule is C/C=C(C)\C=C(/C(C)C)C(C)(C)C. The quantitative estimate of drug-likeness (QED) is 0.546. The van der Waals surface area contributed by atoms with Gasteiger partial charge in [-0.2, -0.15) is 0 Å². The van der Waals surface area contributed by atoms with Crippen LogP contribution in [-0.4, -0.2) is 0 Å². The van der Waals surface area contributed by atoms with E-state index in [1.807, 2.05) is 0 Å². The van der Waals surface area contributed by atoms with Gasteiger partial charge in [0.2, 0.25) is 0 Å². The Labute approximate surface area is 83.7 Å². The monoisotopic (exact) mass is 180 g/mol. The van der Waals surface area contributed by atoms with Crippen molar-refractivity contribution < 1.29 is 0 Å². The van der Waals surface area contributed by atoms with E-state index in [1.54, 1.807) is 0 Å². The summed E-state index contributed by atoms with van der Waals surface area (Å²) in [4.78, 5) is 0. The van der Waals surface area contributed by atoms with Gasteiger partial charge >= 0.3 is 0 Å². The van der Waals surface area contributed by atoms with E-state index in [9.17, 15) is 0 Å². The smallest absolute Gasteiger partial charge is 0.0167 e. The lowest BCUT2D eigenvalue weighted by atomic mass is 9.79. The summed E-state index contributed by atoms with van der Waals surface area (Å²) in [7, 11) is 0. The maximum Gasteiger partial charge on any atom is -0.0167 e. The molecule has 0 saturated heterocycles. The maximum atomic E-state index is 2.32. The van der Waals surface area contributed by atoms with Gasteiger partial charge in [-0.15, -0.1) is 0 Å². The highest BCUT2D eigenvalue weighted by atomic mass is 14.2. The molecule has 0 aromatic carbocycles.